The van der Waals surface area contributed by atoms with Gasteiger partial charge in [-0.05, 0) is 50.6 Å². The van der Waals surface area contributed by atoms with E-state index in [1.165, 1.54) is 0 Å². The van der Waals surface area contributed by atoms with E-state index < -0.39 is 10.0 Å². The first-order chi connectivity index (χ1) is 9.79. The minimum atomic E-state index is -3.59. The van der Waals surface area contributed by atoms with Crippen LogP contribution in [0.3, 0.4) is 0 Å². The first-order valence-corrected chi connectivity index (χ1v) is 8.14. The SMILES string of the molecule is C=C(C)c1cc(C)ccc1NS(=O)(=O)c1ccc(C)cc1. The second-order valence-electron chi connectivity index (χ2n) is 5.25. The van der Waals surface area contributed by atoms with Crippen molar-refractivity contribution >= 4 is 21.3 Å². The van der Waals surface area contributed by atoms with Crippen molar-refractivity contribution in [2.45, 2.75) is 25.7 Å². The van der Waals surface area contributed by atoms with E-state index in [-0.39, 0.29) is 4.90 Å². The summed E-state index contributed by atoms with van der Waals surface area (Å²) in [6.07, 6.45) is 0. The first-order valence-electron chi connectivity index (χ1n) is 6.65. The van der Waals surface area contributed by atoms with Crippen LogP contribution in [-0.2, 0) is 10.0 Å². The topological polar surface area (TPSA) is 46.2 Å². The molecule has 0 radical (unpaired) electrons. The molecule has 0 aromatic heterocycles. The lowest BCUT2D eigenvalue weighted by Crippen LogP contribution is -2.14. The molecular weight excluding hydrogens is 282 g/mol. The predicted molar refractivity (Wildman–Crippen MR) is 87.9 cm³/mol. The summed E-state index contributed by atoms with van der Waals surface area (Å²) in [6, 6.07) is 12.3. The molecule has 0 heterocycles. The molecule has 2 aromatic rings. The van der Waals surface area contributed by atoms with Gasteiger partial charge in [-0.2, -0.15) is 0 Å². The number of aryl methyl sites for hydroxylation is 2. The van der Waals surface area contributed by atoms with Gasteiger partial charge in [0.25, 0.3) is 10.0 Å². The monoisotopic (exact) mass is 301 g/mol. The molecule has 0 aliphatic carbocycles. The number of hydrogen-bond acceptors (Lipinski definition) is 2. The van der Waals surface area contributed by atoms with Gasteiger partial charge in [0.2, 0.25) is 0 Å². The average molecular weight is 301 g/mol. The van der Waals surface area contributed by atoms with E-state index in [0.29, 0.717) is 5.69 Å². The second kappa shape index (κ2) is 5.74. The van der Waals surface area contributed by atoms with Gasteiger partial charge < -0.3 is 0 Å². The van der Waals surface area contributed by atoms with Crippen molar-refractivity contribution in [2.75, 3.05) is 4.72 Å². The van der Waals surface area contributed by atoms with E-state index in [0.717, 1.165) is 22.3 Å². The molecule has 3 nitrogen and oxygen atoms in total. The summed E-state index contributed by atoms with van der Waals surface area (Å²) in [6.45, 7) is 9.65. The van der Waals surface area contributed by atoms with E-state index in [2.05, 4.69) is 11.3 Å². The maximum atomic E-state index is 12.4. The van der Waals surface area contributed by atoms with Crippen LogP contribution in [-0.4, -0.2) is 8.42 Å². The normalized spacial score (nSPS) is 11.2. The predicted octanol–water partition coefficient (Wildman–Crippen LogP) is 4.14. The van der Waals surface area contributed by atoms with Gasteiger partial charge in [-0.3, -0.25) is 4.72 Å². The number of anilines is 1. The number of hydrogen-bond donors (Lipinski definition) is 1. The molecular formula is C17H19NO2S. The van der Waals surface area contributed by atoms with Crippen LogP contribution in [0.5, 0.6) is 0 Å². The third-order valence-electron chi connectivity index (χ3n) is 3.21. The molecule has 1 N–H and O–H groups in total. The third kappa shape index (κ3) is 3.52. The van der Waals surface area contributed by atoms with Crippen LogP contribution in [0.15, 0.2) is 53.9 Å². The zero-order valence-corrected chi connectivity index (χ0v) is 13.3. The van der Waals surface area contributed by atoms with Gasteiger partial charge in [0.1, 0.15) is 0 Å². The Hall–Kier alpha value is -2.07. The highest BCUT2D eigenvalue weighted by molar-refractivity contribution is 7.92. The summed E-state index contributed by atoms with van der Waals surface area (Å²) in [5.74, 6) is 0. The summed E-state index contributed by atoms with van der Waals surface area (Å²) in [5, 5.41) is 0. The zero-order valence-electron chi connectivity index (χ0n) is 12.5. The van der Waals surface area contributed by atoms with Crippen LogP contribution in [0, 0.1) is 13.8 Å². The summed E-state index contributed by atoms with van der Waals surface area (Å²) < 4.78 is 27.5. The molecule has 21 heavy (non-hydrogen) atoms. The van der Waals surface area contributed by atoms with Crippen molar-refractivity contribution < 1.29 is 8.42 Å². The van der Waals surface area contributed by atoms with Crippen LogP contribution in [0.4, 0.5) is 5.69 Å². The van der Waals surface area contributed by atoms with Crippen molar-refractivity contribution in [3.8, 4) is 0 Å². The Labute approximate surface area is 126 Å². The van der Waals surface area contributed by atoms with Crippen molar-refractivity contribution in [3.05, 3.63) is 65.7 Å². The first kappa shape index (κ1) is 15.3. The van der Waals surface area contributed by atoms with Crippen LogP contribution in [0.1, 0.15) is 23.6 Å². The quantitative estimate of drug-likeness (QED) is 0.922. The second-order valence-corrected chi connectivity index (χ2v) is 6.93. The molecule has 0 atom stereocenters. The summed E-state index contributed by atoms with van der Waals surface area (Å²) >= 11 is 0. The lowest BCUT2D eigenvalue weighted by molar-refractivity contribution is 0.601. The number of nitrogens with one attached hydrogen (secondary N) is 1. The smallest absolute Gasteiger partial charge is 0.261 e. The van der Waals surface area contributed by atoms with Gasteiger partial charge in [-0.25, -0.2) is 8.42 Å². The Balaban J connectivity index is 2.41. The highest BCUT2D eigenvalue weighted by Crippen LogP contribution is 2.26. The van der Waals surface area contributed by atoms with Crippen LogP contribution >= 0.6 is 0 Å². The van der Waals surface area contributed by atoms with Gasteiger partial charge in [-0.1, -0.05) is 35.9 Å². The standard InChI is InChI=1S/C17H19NO2S/c1-12(2)16-11-14(4)7-10-17(16)18-21(19,20)15-8-5-13(3)6-9-15/h5-11,18H,1H2,2-4H3. The fraction of sp³-hybridized carbons (Fsp3) is 0.176. The number of rotatable bonds is 4. The Morgan fingerprint density at radius 3 is 2.14 bits per heavy atom. The summed E-state index contributed by atoms with van der Waals surface area (Å²) in [5.41, 5.74) is 4.26. The van der Waals surface area contributed by atoms with Gasteiger partial charge in [0.05, 0.1) is 10.6 Å². The molecule has 0 amide bonds. The van der Waals surface area contributed by atoms with Gasteiger partial charge in [-0.15, -0.1) is 0 Å². The highest BCUT2D eigenvalue weighted by atomic mass is 32.2. The van der Waals surface area contributed by atoms with Crippen molar-refractivity contribution in [1.82, 2.24) is 0 Å². The van der Waals surface area contributed by atoms with Crippen LogP contribution in [0.2, 0.25) is 0 Å². The number of benzene rings is 2. The minimum Gasteiger partial charge on any atom is -0.279 e. The molecule has 2 rings (SSSR count). The van der Waals surface area contributed by atoms with Gasteiger partial charge in [0, 0.05) is 5.56 Å². The molecule has 0 aliphatic rings. The molecule has 2 aromatic carbocycles. The zero-order chi connectivity index (χ0) is 15.6. The van der Waals surface area contributed by atoms with E-state index in [4.69, 9.17) is 0 Å². The van der Waals surface area contributed by atoms with Crippen LogP contribution < -0.4 is 4.72 Å². The fourth-order valence-corrected chi connectivity index (χ4v) is 3.10. The van der Waals surface area contributed by atoms with Crippen molar-refractivity contribution in [2.24, 2.45) is 0 Å². The number of sulfonamides is 1. The Morgan fingerprint density at radius 1 is 1.00 bits per heavy atom. The van der Waals surface area contributed by atoms with E-state index in [1.807, 2.05) is 32.9 Å². The van der Waals surface area contributed by atoms with E-state index in [1.54, 1.807) is 30.3 Å². The molecule has 0 spiro atoms. The minimum absolute atomic E-state index is 0.251. The highest BCUT2D eigenvalue weighted by Gasteiger charge is 2.16. The maximum Gasteiger partial charge on any atom is 0.261 e. The van der Waals surface area contributed by atoms with Crippen LogP contribution in [0.25, 0.3) is 5.57 Å². The maximum absolute atomic E-state index is 12.4. The van der Waals surface area contributed by atoms with Gasteiger partial charge >= 0.3 is 0 Å². The lowest BCUT2D eigenvalue weighted by Gasteiger charge is -2.13. The molecule has 0 bridgehead atoms. The van der Waals surface area contributed by atoms with Crippen molar-refractivity contribution in [1.29, 1.82) is 0 Å². The molecule has 0 aliphatic heterocycles. The Kier molecular flexibility index (Phi) is 4.19. The average Bonchev–Trinajstić information content (AvgIpc) is 2.41. The third-order valence-corrected chi connectivity index (χ3v) is 4.59. The number of allylic oxidation sites excluding steroid dienone is 1. The fourth-order valence-electron chi connectivity index (χ4n) is 2.02. The molecule has 110 valence electrons. The lowest BCUT2D eigenvalue weighted by atomic mass is 10.0. The van der Waals surface area contributed by atoms with E-state index in [9.17, 15) is 8.42 Å². The Bertz CT molecular complexity index is 775. The molecule has 0 saturated heterocycles. The largest absolute Gasteiger partial charge is 0.279 e. The molecule has 4 heteroatoms. The van der Waals surface area contributed by atoms with Gasteiger partial charge in [0.15, 0.2) is 0 Å². The molecule has 0 fully saturated rings. The van der Waals surface area contributed by atoms with E-state index >= 15 is 0 Å². The molecule has 0 saturated carbocycles. The Morgan fingerprint density at radius 2 is 1.57 bits per heavy atom. The summed E-state index contributed by atoms with van der Waals surface area (Å²) in [4.78, 5) is 0.251. The molecule has 0 unspecified atom stereocenters. The van der Waals surface area contributed by atoms with Crippen molar-refractivity contribution in [3.63, 3.8) is 0 Å². The summed E-state index contributed by atoms with van der Waals surface area (Å²) in [7, 11) is -3.59.